The Balaban J connectivity index is 1.48. The maximum atomic E-state index is 13.7. The minimum Gasteiger partial charge on any atom is -0.458 e. The van der Waals surface area contributed by atoms with Crippen LogP contribution in [0.4, 0.5) is 0 Å². The van der Waals surface area contributed by atoms with Gasteiger partial charge in [-0.25, -0.2) is 14.4 Å². The number of ether oxygens (including phenoxy) is 5. The molecule has 1 saturated heterocycles. The molecule has 3 aromatic rings. The molecule has 11 heteroatoms. The first kappa shape index (κ1) is 32.3. The number of rotatable bonds is 7. The third kappa shape index (κ3) is 5.46. The maximum Gasteiger partial charge on any atom is 0.340 e. The second-order valence-corrected chi connectivity index (χ2v) is 13.3. The van der Waals surface area contributed by atoms with Gasteiger partial charge in [-0.3, -0.25) is 14.8 Å². The van der Waals surface area contributed by atoms with Crippen molar-refractivity contribution < 1.29 is 42.9 Å². The fourth-order valence-electron chi connectivity index (χ4n) is 8.09. The monoisotopic (exact) mass is 642 g/mol. The van der Waals surface area contributed by atoms with Crippen LogP contribution in [-0.2, 0) is 28.5 Å². The first-order valence-electron chi connectivity index (χ1n) is 15.7. The molecule has 1 spiro atoms. The van der Waals surface area contributed by atoms with E-state index < -0.39 is 76.7 Å². The van der Waals surface area contributed by atoms with E-state index in [1.165, 1.54) is 19.3 Å². The lowest BCUT2D eigenvalue weighted by Gasteiger charge is -2.62. The van der Waals surface area contributed by atoms with Crippen molar-refractivity contribution in [2.45, 2.75) is 83.1 Å². The zero-order chi connectivity index (χ0) is 33.6. The summed E-state index contributed by atoms with van der Waals surface area (Å²) in [5.74, 6) is -3.29. The second-order valence-electron chi connectivity index (χ2n) is 13.3. The van der Waals surface area contributed by atoms with Gasteiger partial charge in [-0.05, 0) is 75.9 Å². The Morgan fingerprint density at radius 3 is 1.87 bits per heavy atom. The first-order chi connectivity index (χ1) is 22.4. The van der Waals surface area contributed by atoms with Crippen molar-refractivity contribution >= 4 is 23.9 Å². The van der Waals surface area contributed by atoms with Crippen LogP contribution < -0.4 is 0 Å². The van der Waals surface area contributed by atoms with E-state index in [4.69, 9.17) is 23.7 Å². The average Bonchev–Trinajstić information content (AvgIpc) is 3.24. The smallest absolute Gasteiger partial charge is 0.340 e. The van der Waals surface area contributed by atoms with Gasteiger partial charge in [0.2, 0.25) is 0 Å². The molecule has 2 aromatic heterocycles. The number of hydrogen-bond donors (Lipinski definition) is 0. The van der Waals surface area contributed by atoms with Gasteiger partial charge in [0, 0.05) is 37.6 Å². The molecule has 47 heavy (non-hydrogen) atoms. The minimum absolute atomic E-state index is 0.197. The molecule has 0 radical (unpaired) electrons. The van der Waals surface area contributed by atoms with Gasteiger partial charge in [-0.2, -0.15) is 0 Å². The summed E-state index contributed by atoms with van der Waals surface area (Å²) in [4.78, 5) is 61.6. The van der Waals surface area contributed by atoms with E-state index in [2.05, 4.69) is 9.97 Å². The third-order valence-corrected chi connectivity index (χ3v) is 10.2. The lowest BCUT2D eigenvalue weighted by Crippen LogP contribution is -2.76. The van der Waals surface area contributed by atoms with Crippen LogP contribution in [0.1, 0.15) is 78.5 Å². The summed E-state index contributed by atoms with van der Waals surface area (Å²) in [5, 5.41) is 0. The van der Waals surface area contributed by atoms with E-state index in [0.717, 1.165) is 0 Å². The molecule has 8 atom stereocenters. The number of benzene rings is 1. The van der Waals surface area contributed by atoms with Gasteiger partial charge in [0.1, 0.15) is 23.9 Å². The van der Waals surface area contributed by atoms with Crippen LogP contribution in [0, 0.1) is 17.3 Å². The van der Waals surface area contributed by atoms with E-state index in [1.54, 1.807) is 67.0 Å². The maximum absolute atomic E-state index is 13.7. The van der Waals surface area contributed by atoms with E-state index in [1.807, 2.05) is 27.7 Å². The normalized spacial score (nSPS) is 31.9. The van der Waals surface area contributed by atoms with Crippen LogP contribution in [0.15, 0.2) is 79.4 Å². The van der Waals surface area contributed by atoms with Crippen LogP contribution in [0.3, 0.4) is 0 Å². The van der Waals surface area contributed by atoms with E-state index >= 15 is 0 Å². The Morgan fingerprint density at radius 1 is 0.723 bits per heavy atom. The van der Waals surface area contributed by atoms with Crippen LogP contribution in [-0.4, -0.2) is 69.5 Å². The number of carbonyl (C=O) groups excluding carboxylic acids is 4. The van der Waals surface area contributed by atoms with Gasteiger partial charge in [-0.1, -0.05) is 25.1 Å². The third-order valence-electron chi connectivity index (χ3n) is 10.2. The number of aromatic nitrogens is 2. The second kappa shape index (κ2) is 12.2. The van der Waals surface area contributed by atoms with Crippen molar-refractivity contribution in [2.24, 2.45) is 17.3 Å². The molecule has 6 rings (SSSR count). The molecule has 2 bridgehead atoms. The molecule has 1 aliphatic heterocycles. The first-order valence-corrected chi connectivity index (χ1v) is 15.7. The Labute approximate surface area is 272 Å². The fraction of sp³-hybridized carbons (Fsp3) is 0.444. The SMILES string of the molecule is CC(=O)O[C@H]1[C@@H](OC(=O)c2cccnc2)C[C@@H](C)[C@]23OC(C)(C)[C@H](C[C@H](OC(=O)c4ccccc4)[C@]12C)[C@H]3OC(=O)c1cccnc1. The predicted octanol–water partition coefficient (Wildman–Crippen LogP) is 5.00. The summed E-state index contributed by atoms with van der Waals surface area (Å²) in [6.07, 6.45) is 2.48. The highest BCUT2D eigenvalue weighted by Gasteiger charge is 2.80. The van der Waals surface area contributed by atoms with Crippen molar-refractivity contribution in [3.05, 3.63) is 96.1 Å². The number of pyridine rings is 2. The zero-order valence-electron chi connectivity index (χ0n) is 27.0. The largest absolute Gasteiger partial charge is 0.458 e. The van der Waals surface area contributed by atoms with Crippen molar-refractivity contribution in [1.29, 1.82) is 0 Å². The van der Waals surface area contributed by atoms with E-state index in [0.29, 0.717) is 5.56 Å². The molecule has 2 saturated carbocycles. The summed E-state index contributed by atoms with van der Waals surface area (Å²) in [6, 6.07) is 15.1. The summed E-state index contributed by atoms with van der Waals surface area (Å²) < 4.78 is 31.9. The molecule has 3 fully saturated rings. The quantitative estimate of drug-likeness (QED) is 0.254. The predicted molar refractivity (Wildman–Crippen MR) is 166 cm³/mol. The summed E-state index contributed by atoms with van der Waals surface area (Å²) in [6.45, 7) is 8.84. The lowest BCUT2D eigenvalue weighted by molar-refractivity contribution is -0.300. The molecule has 246 valence electrons. The standard InChI is InChI=1S/C36H38N2O9/c1-21-17-27(44-32(41)24-13-9-15-37-19-24)30(43-22(2)39)35(5)28(45-31(40)23-11-7-6-8-12-23)18-26-29(36(21,35)47-34(26,3)4)46-33(42)25-14-10-16-38-20-25/h6-16,19-21,26-30H,17-18H2,1-5H3/t21-,26-,27+,28+,29-,30+,35-,36-/m1/s1. The molecule has 3 heterocycles. The Hall–Kier alpha value is -4.64. The van der Waals surface area contributed by atoms with Crippen molar-refractivity contribution in [3.63, 3.8) is 0 Å². The lowest BCUT2D eigenvalue weighted by atomic mass is 9.48. The van der Waals surface area contributed by atoms with Gasteiger partial charge in [0.15, 0.2) is 6.10 Å². The fourth-order valence-corrected chi connectivity index (χ4v) is 8.09. The Morgan fingerprint density at radius 2 is 1.30 bits per heavy atom. The highest BCUT2D eigenvalue weighted by atomic mass is 16.6. The number of nitrogens with zero attached hydrogens (tertiary/aromatic N) is 2. The molecule has 0 amide bonds. The van der Waals surface area contributed by atoms with Gasteiger partial charge < -0.3 is 23.7 Å². The summed E-state index contributed by atoms with van der Waals surface area (Å²) >= 11 is 0. The number of esters is 4. The van der Waals surface area contributed by atoms with Gasteiger partial charge >= 0.3 is 23.9 Å². The van der Waals surface area contributed by atoms with Crippen molar-refractivity contribution in [2.75, 3.05) is 0 Å². The number of carbonyl (C=O) groups is 4. The van der Waals surface area contributed by atoms with E-state index in [-0.39, 0.29) is 24.0 Å². The molecule has 11 nitrogen and oxygen atoms in total. The average molecular weight is 643 g/mol. The number of fused-ring (bicyclic) bond motifs is 1. The molecule has 0 N–H and O–H groups in total. The Kier molecular flexibility index (Phi) is 8.38. The van der Waals surface area contributed by atoms with Crippen LogP contribution in [0.5, 0.6) is 0 Å². The van der Waals surface area contributed by atoms with Gasteiger partial charge in [0.05, 0.1) is 27.7 Å². The van der Waals surface area contributed by atoms with Gasteiger partial charge in [-0.15, -0.1) is 0 Å². The van der Waals surface area contributed by atoms with Crippen LogP contribution in [0.25, 0.3) is 0 Å². The zero-order valence-corrected chi connectivity index (χ0v) is 27.0. The molecule has 0 unspecified atom stereocenters. The highest BCUT2D eigenvalue weighted by Crippen LogP contribution is 2.68. The minimum atomic E-state index is -1.37. The van der Waals surface area contributed by atoms with E-state index in [9.17, 15) is 19.2 Å². The van der Waals surface area contributed by atoms with Crippen LogP contribution >= 0.6 is 0 Å². The van der Waals surface area contributed by atoms with Crippen LogP contribution in [0.2, 0.25) is 0 Å². The molecule has 3 aliphatic rings. The molecular weight excluding hydrogens is 604 g/mol. The molecule has 2 aliphatic carbocycles. The summed E-state index contributed by atoms with van der Waals surface area (Å²) in [5.41, 5.74) is -2.73. The number of hydrogen-bond acceptors (Lipinski definition) is 11. The van der Waals surface area contributed by atoms with Crippen molar-refractivity contribution in [3.8, 4) is 0 Å². The Bertz CT molecular complexity index is 1650. The molecule has 1 aromatic carbocycles. The summed E-state index contributed by atoms with van der Waals surface area (Å²) in [7, 11) is 0. The molecular formula is C36H38N2O9. The van der Waals surface area contributed by atoms with Gasteiger partial charge in [0.25, 0.3) is 0 Å². The van der Waals surface area contributed by atoms with Crippen molar-refractivity contribution in [1.82, 2.24) is 9.97 Å². The topological polar surface area (TPSA) is 140 Å². The highest BCUT2D eigenvalue weighted by molar-refractivity contribution is 5.90.